The summed E-state index contributed by atoms with van der Waals surface area (Å²) in [6, 6.07) is 15.7. The van der Waals surface area contributed by atoms with Gasteiger partial charge in [0.1, 0.15) is 5.82 Å². The molecule has 1 heterocycles. The summed E-state index contributed by atoms with van der Waals surface area (Å²) < 4.78 is 0. The second-order valence-corrected chi connectivity index (χ2v) is 4.47. The predicted molar refractivity (Wildman–Crippen MR) is 77.2 cm³/mol. The topological polar surface area (TPSA) is 45.8 Å². The molecule has 0 spiro atoms. The normalized spacial score (nSPS) is 10.8. The molecular weight excluding hydrogens is 236 g/mol. The van der Waals surface area contributed by atoms with Crippen LogP contribution in [0.1, 0.15) is 12.6 Å². The summed E-state index contributed by atoms with van der Waals surface area (Å²) in [5, 5.41) is 2.24. The first kappa shape index (κ1) is 11.7. The van der Waals surface area contributed by atoms with Gasteiger partial charge in [0.2, 0.25) is 0 Å². The Hall–Kier alpha value is -2.42. The summed E-state index contributed by atoms with van der Waals surface area (Å²) in [5.41, 5.74) is 1.67. The maximum atomic E-state index is 11.7. The van der Waals surface area contributed by atoms with Gasteiger partial charge in [-0.2, -0.15) is 0 Å². The molecule has 0 aliphatic carbocycles. The first-order chi connectivity index (χ1) is 9.28. The van der Waals surface area contributed by atoms with Crippen molar-refractivity contribution in [2.24, 2.45) is 0 Å². The summed E-state index contributed by atoms with van der Waals surface area (Å²) in [7, 11) is 0. The summed E-state index contributed by atoms with van der Waals surface area (Å²) in [6.45, 7) is 1.99. The number of fused-ring (bicyclic) bond motifs is 1. The van der Waals surface area contributed by atoms with Crippen molar-refractivity contribution < 1.29 is 0 Å². The molecule has 0 bridgehead atoms. The van der Waals surface area contributed by atoms with Gasteiger partial charge >= 0.3 is 0 Å². The molecule has 19 heavy (non-hydrogen) atoms. The van der Waals surface area contributed by atoms with Crippen molar-refractivity contribution in [1.29, 1.82) is 0 Å². The van der Waals surface area contributed by atoms with Gasteiger partial charge in [-0.15, -0.1) is 0 Å². The Balaban J connectivity index is 2.30. The molecule has 0 amide bonds. The molecule has 3 nitrogen and oxygen atoms in total. The van der Waals surface area contributed by atoms with E-state index in [0.717, 1.165) is 28.5 Å². The Kier molecular flexibility index (Phi) is 2.88. The molecule has 0 radical (unpaired) electrons. The molecular formula is C16H14N2O. The largest absolute Gasteiger partial charge is 0.306 e. The highest BCUT2D eigenvalue weighted by atomic mass is 16.1. The summed E-state index contributed by atoms with van der Waals surface area (Å²) in [4.78, 5) is 19.0. The second-order valence-electron chi connectivity index (χ2n) is 4.47. The van der Waals surface area contributed by atoms with Crippen molar-refractivity contribution >= 4 is 10.8 Å². The Morgan fingerprint density at radius 3 is 2.74 bits per heavy atom. The predicted octanol–water partition coefficient (Wildman–Crippen LogP) is 3.15. The lowest BCUT2D eigenvalue weighted by molar-refractivity contribution is 0.988. The highest BCUT2D eigenvalue weighted by Gasteiger charge is 2.06. The minimum Gasteiger partial charge on any atom is -0.306 e. The monoisotopic (exact) mass is 250 g/mol. The fourth-order valence-corrected chi connectivity index (χ4v) is 2.25. The van der Waals surface area contributed by atoms with E-state index < -0.39 is 0 Å². The number of nitrogens with one attached hydrogen (secondary N) is 1. The summed E-state index contributed by atoms with van der Waals surface area (Å²) in [6.07, 6.45) is 0.752. The number of hydrogen-bond acceptors (Lipinski definition) is 2. The number of aryl methyl sites for hydroxylation is 1. The standard InChI is InChI=1S/C16H14N2O/c1-2-12-10-15(19)18-16(17-12)14-9-5-7-11-6-3-4-8-13(11)14/h3-10H,2H2,1H3,(H,17,18,19). The zero-order valence-electron chi connectivity index (χ0n) is 10.7. The third-order valence-electron chi connectivity index (χ3n) is 3.20. The van der Waals surface area contributed by atoms with Crippen LogP contribution in [0.2, 0.25) is 0 Å². The smallest absolute Gasteiger partial charge is 0.251 e. The quantitative estimate of drug-likeness (QED) is 0.759. The van der Waals surface area contributed by atoms with Crippen LogP contribution in [0, 0.1) is 0 Å². The van der Waals surface area contributed by atoms with Crippen LogP contribution in [0.25, 0.3) is 22.2 Å². The van der Waals surface area contributed by atoms with E-state index in [4.69, 9.17) is 0 Å². The van der Waals surface area contributed by atoms with Crippen molar-refractivity contribution in [3.8, 4) is 11.4 Å². The number of aromatic amines is 1. The van der Waals surface area contributed by atoms with E-state index in [2.05, 4.69) is 22.1 Å². The molecule has 1 N–H and O–H groups in total. The molecule has 0 aliphatic rings. The molecule has 2 aromatic carbocycles. The molecule has 0 unspecified atom stereocenters. The number of hydrogen-bond donors (Lipinski definition) is 1. The zero-order valence-corrected chi connectivity index (χ0v) is 10.7. The van der Waals surface area contributed by atoms with Gasteiger partial charge in [0.15, 0.2) is 0 Å². The van der Waals surface area contributed by atoms with Crippen LogP contribution in [0.4, 0.5) is 0 Å². The van der Waals surface area contributed by atoms with E-state index in [1.807, 2.05) is 37.3 Å². The average molecular weight is 250 g/mol. The fraction of sp³-hybridized carbons (Fsp3) is 0.125. The third-order valence-corrected chi connectivity index (χ3v) is 3.20. The van der Waals surface area contributed by atoms with E-state index in [9.17, 15) is 4.79 Å². The van der Waals surface area contributed by atoms with Crippen molar-refractivity contribution in [2.75, 3.05) is 0 Å². The Morgan fingerprint density at radius 2 is 1.89 bits per heavy atom. The maximum Gasteiger partial charge on any atom is 0.251 e. The number of H-pyrrole nitrogens is 1. The van der Waals surface area contributed by atoms with Crippen LogP contribution < -0.4 is 5.56 Å². The molecule has 0 fully saturated rings. The minimum atomic E-state index is -0.102. The molecule has 0 aliphatic heterocycles. The van der Waals surface area contributed by atoms with E-state index in [0.29, 0.717) is 5.82 Å². The second kappa shape index (κ2) is 4.69. The van der Waals surface area contributed by atoms with Gasteiger partial charge in [0.05, 0.1) is 0 Å². The fourth-order valence-electron chi connectivity index (χ4n) is 2.25. The highest BCUT2D eigenvalue weighted by molar-refractivity contribution is 5.94. The van der Waals surface area contributed by atoms with Crippen LogP contribution in [-0.4, -0.2) is 9.97 Å². The van der Waals surface area contributed by atoms with Crippen molar-refractivity contribution in [1.82, 2.24) is 9.97 Å². The van der Waals surface area contributed by atoms with Crippen LogP contribution in [0.5, 0.6) is 0 Å². The Morgan fingerprint density at radius 1 is 1.11 bits per heavy atom. The Labute approximate surface area is 111 Å². The van der Waals surface area contributed by atoms with Crippen molar-refractivity contribution in [2.45, 2.75) is 13.3 Å². The molecule has 0 saturated heterocycles. The molecule has 3 rings (SSSR count). The lowest BCUT2D eigenvalue weighted by Gasteiger charge is -2.06. The molecule has 0 atom stereocenters. The maximum absolute atomic E-state index is 11.7. The SMILES string of the molecule is CCc1cc(=O)[nH]c(-c2cccc3ccccc23)n1. The zero-order chi connectivity index (χ0) is 13.2. The van der Waals surface area contributed by atoms with Crippen molar-refractivity contribution in [3.05, 3.63) is 64.6 Å². The van der Waals surface area contributed by atoms with E-state index in [-0.39, 0.29) is 5.56 Å². The first-order valence-electron chi connectivity index (χ1n) is 6.36. The lowest BCUT2D eigenvalue weighted by Crippen LogP contribution is -2.10. The number of benzene rings is 2. The summed E-state index contributed by atoms with van der Waals surface area (Å²) >= 11 is 0. The van der Waals surface area contributed by atoms with Crippen LogP contribution in [0.3, 0.4) is 0 Å². The molecule has 94 valence electrons. The van der Waals surface area contributed by atoms with Gasteiger partial charge in [-0.25, -0.2) is 4.98 Å². The van der Waals surface area contributed by atoms with Gasteiger partial charge in [-0.1, -0.05) is 49.4 Å². The summed E-state index contributed by atoms with van der Waals surface area (Å²) in [5.74, 6) is 0.640. The van der Waals surface area contributed by atoms with E-state index in [1.54, 1.807) is 6.07 Å². The van der Waals surface area contributed by atoms with Crippen LogP contribution in [0.15, 0.2) is 53.3 Å². The van der Waals surface area contributed by atoms with E-state index >= 15 is 0 Å². The van der Waals surface area contributed by atoms with Crippen LogP contribution >= 0.6 is 0 Å². The molecule has 0 saturated carbocycles. The van der Waals surface area contributed by atoms with Gasteiger partial charge in [0, 0.05) is 17.3 Å². The Bertz CT molecular complexity index is 785. The molecule has 3 heteroatoms. The minimum absolute atomic E-state index is 0.102. The van der Waals surface area contributed by atoms with Gasteiger partial charge < -0.3 is 4.98 Å². The van der Waals surface area contributed by atoms with Gasteiger partial charge in [0.25, 0.3) is 5.56 Å². The average Bonchev–Trinajstić information content (AvgIpc) is 2.46. The van der Waals surface area contributed by atoms with Crippen LogP contribution in [-0.2, 0) is 6.42 Å². The third kappa shape index (κ3) is 2.15. The number of rotatable bonds is 2. The first-order valence-corrected chi connectivity index (χ1v) is 6.36. The molecule has 3 aromatic rings. The highest BCUT2D eigenvalue weighted by Crippen LogP contribution is 2.25. The van der Waals surface area contributed by atoms with Crippen molar-refractivity contribution in [3.63, 3.8) is 0 Å². The lowest BCUT2D eigenvalue weighted by atomic mass is 10.0. The van der Waals surface area contributed by atoms with E-state index in [1.165, 1.54) is 0 Å². The van der Waals surface area contributed by atoms with Gasteiger partial charge in [-0.05, 0) is 17.2 Å². The molecule has 1 aromatic heterocycles. The number of nitrogens with zero attached hydrogens (tertiary/aromatic N) is 1. The number of aromatic nitrogens is 2. The van der Waals surface area contributed by atoms with Gasteiger partial charge in [-0.3, -0.25) is 4.79 Å².